The first-order valence-corrected chi connectivity index (χ1v) is 7.08. The summed E-state index contributed by atoms with van der Waals surface area (Å²) in [5.41, 5.74) is 2.27. The Balaban J connectivity index is 2.15. The molecule has 0 radical (unpaired) electrons. The molecule has 1 N–H and O–H groups in total. The Morgan fingerprint density at radius 3 is 2.00 bits per heavy atom. The Bertz CT molecular complexity index is 495. The zero-order valence-corrected chi connectivity index (χ0v) is 12.2. The van der Waals surface area contributed by atoms with E-state index in [2.05, 4.69) is 43.3 Å². The second kappa shape index (κ2) is 7.22. The van der Waals surface area contributed by atoms with Gasteiger partial charge in [0, 0.05) is 12.5 Å². The molecule has 0 amide bonds. The predicted molar refractivity (Wildman–Crippen MR) is 83.6 cm³/mol. The molecule has 2 heteroatoms. The van der Waals surface area contributed by atoms with E-state index < -0.39 is 6.10 Å². The summed E-state index contributed by atoms with van der Waals surface area (Å²) in [5, 5.41) is 10.7. The number of hydrogen-bond acceptors (Lipinski definition) is 2. The molecule has 0 saturated carbocycles. The van der Waals surface area contributed by atoms with Crippen LogP contribution in [0.25, 0.3) is 0 Å². The van der Waals surface area contributed by atoms with E-state index in [1.807, 2.05) is 36.4 Å². The maximum Gasteiger partial charge on any atom is 0.0833 e. The van der Waals surface area contributed by atoms with Crippen molar-refractivity contribution >= 4 is 0 Å². The van der Waals surface area contributed by atoms with Gasteiger partial charge in [0.2, 0.25) is 0 Å². The van der Waals surface area contributed by atoms with Gasteiger partial charge in [-0.05, 0) is 31.6 Å². The monoisotopic (exact) mass is 269 g/mol. The van der Waals surface area contributed by atoms with Crippen LogP contribution in [0.1, 0.15) is 17.2 Å². The summed E-state index contributed by atoms with van der Waals surface area (Å²) in [5.74, 6) is 0.190. The minimum atomic E-state index is -0.432. The van der Waals surface area contributed by atoms with Crippen LogP contribution in [0.3, 0.4) is 0 Å². The predicted octanol–water partition coefficient (Wildman–Crippen LogP) is 3.14. The lowest BCUT2D eigenvalue weighted by Crippen LogP contribution is -2.28. The molecule has 0 fully saturated rings. The molecule has 2 rings (SSSR count). The quantitative estimate of drug-likeness (QED) is 0.871. The minimum absolute atomic E-state index is 0.190. The van der Waals surface area contributed by atoms with Gasteiger partial charge < -0.3 is 10.0 Å². The van der Waals surface area contributed by atoms with Gasteiger partial charge in [0.1, 0.15) is 0 Å². The summed E-state index contributed by atoms with van der Waals surface area (Å²) in [6.45, 7) is 0.866. The van der Waals surface area contributed by atoms with E-state index in [0.29, 0.717) is 0 Å². The molecule has 106 valence electrons. The van der Waals surface area contributed by atoms with Crippen molar-refractivity contribution < 1.29 is 5.11 Å². The highest BCUT2D eigenvalue weighted by Crippen LogP contribution is 2.25. The molecule has 2 nitrogen and oxygen atoms in total. The molecule has 0 aliphatic heterocycles. The SMILES string of the molecule is CN(C)C[C@@H](Cc1ccccc1)[C@@H](O)c1ccccc1. The molecule has 2 aromatic carbocycles. The molecular formula is C18H23NO. The van der Waals surface area contributed by atoms with Crippen LogP contribution in [0.5, 0.6) is 0 Å². The summed E-state index contributed by atoms with van der Waals surface area (Å²) < 4.78 is 0. The lowest BCUT2D eigenvalue weighted by molar-refractivity contribution is 0.0902. The molecule has 2 aromatic rings. The maximum absolute atomic E-state index is 10.7. The van der Waals surface area contributed by atoms with E-state index in [1.54, 1.807) is 0 Å². The molecule has 0 bridgehead atoms. The van der Waals surface area contributed by atoms with Crippen molar-refractivity contribution in [3.8, 4) is 0 Å². The Hall–Kier alpha value is -1.64. The van der Waals surface area contributed by atoms with Crippen LogP contribution in [-0.2, 0) is 6.42 Å². The molecule has 0 aliphatic rings. The smallest absolute Gasteiger partial charge is 0.0833 e. The van der Waals surface area contributed by atoms with Gasteiger partial charge in [-0.15, -0.1) is 0 Å². The van der Waals surface area contributed by atoms with Crippen LogP contribution < -0.4 is 0 Å². The van der Waals surface area contributed by atoms with Gasteiger partial charge in [0.25, 0.3) is 0 Å². The first-order valence-electron chi connectivity index (χ1n) is 7.08. The molecule has 20 heavy (non-hydrogen) atoms. The number of aliphatic hydroxyl groups excluding tert-OH is 1. The largest absolute Gasteiger partial charge is 0.388 e. The van der Waals surface area contributed by atoms with Crippen molar-refractivity contribution in [3.05, 3.63) is 71.8 Å². The van der Waals surface area contributed by atoms with Crippen LogP contribution in [0, 0.1) is 5.92 Å². The summed E-state index contributed by atoms with van der Waals surface area (Å²) in [6, 6.07) is 20.3. The fourth-order valence-corrected chi connectivity index (χ4v) is 2.58. The molecule has 0 saturated heterocycles. The topological polar surface area (TPSA) is 23.5 Å². The Morgan fingerprint density at radius 2 is 1.45 bits per heavy atom. The van der Waals surface area contributed by atoms with E-state index in [-0.39, 0.29) is 5.92 Å². The standard InChI is InChI=1S/C18H23NO/c1-19(2)14-17(13-15-9-5-3-6-10-15)18(20)16-11-7-4-8-12-16/h3-12,17-18,20H,13-14H2,1-2H3/t17-,18+/m1/s1. The second-order valence-electron chi connectivity index (χ2n) is 5.57. The summed E-state index contributed by atoms with van der Waals surface area (Å²) >= 11 is 0. The fraction of sp³-hybridized carbons (Fsp3) is 0.333. The third-order valence-electron chi connectivity index (χ3n) is 3.53. The average Bonchev–Trinajstić information content (AvgIpc) is 2.47. The lowest BCUT2D eigenvalue weighted by atomic mass is 9.89. The minimum Gasteiger partial charge on any atom is -0.388 e. The van der Waals surface area contributed by atoms with Crippen molar-refractivity contribution in [2.75, 3.05) is 20.6 Å². The van der Waals surface area contributed by atoms with Gasteiger partial charge >= 0.3 is 0 Å². The number of hydrogen-bond donors (Lipinski definition) is 1. The molecule has 0 unspecified atom stereocenters. The highest BCUT2D eigenvalue weighted by molar-refractivity contribution is 5.20. The zero-order valence-electron chi connectivity index (χ0n) is 12.2. The third-order valence-corrected chi connectivity index (χ3v) is 3.53. The van der Waals surface area contributed by atoms with E-state index in [1.165, 1.54) is 5.56 Å². The van der Waals surface area contributed by atoms with Crippen LogP contribution in [0.2, 0.25) is 0 Å². The number of rotatable bonds is 6. The van der Waals surface area contributed by atoms with Crippen molar-refractivity contribution in [2.45, 2.75) is 12.5 Å². The van der Waals surface area contributed by atoms with Crippen molar-refractivity contribution in [3.63, 3.8) is 0 Å². The number of aliphatic hydroxyl groups is 1. The third kappa shape index (κ3) is 4.19. The highest BCUT2D eigenvalue weighted by Gasteiger charge is 2.21. The van der Waals surface area contributed by atoms with Gasteiger partial charge in [0.15, 0.2) is 0 Å². The normalized spacial score (nSPS) is 14.2. The highest BCUT2D eigenvalue weighted by atomic mass is 16.3. The van der Waals surface area contributed by atoms with Gasteiger partial charge in [-0.1, -0.05) is 60.7 Å². The van der Waals surface area contributed by atoms with Crippen LogP contribution >= 0.6 is 0 Å². The zero-order chi connectivity index (χ0) is 14.4. The molecule has 0 aliphatic carbocycles. The van der Waals surface area contributed by atoms with Gasteiger partial charge in [-0.2, -0.15) is 0 Å². The average molecular weight is 269 g/mol. The van der Waals surface area contributed by atoms with Crippen LogP contribution in [0.4, 0.5) is 0 Å². The molecule has 2 atom stereocenters. The molecule has 0 spiro atoms. The molecule has 0 heterocycles. The first kappa shape index (κ1) is 14.8. The van der Waals surface area contributed by atoms with E-state index in [4.69, 9.17) is 0 Å². The number of benzene rings is 2. The van der Waals surface area contributed by atoms with Crippen LogP contribution in [-0.4, -0.2) is 30.6 Å². The summed E-state index contributed by atoms with van der Waals surface area (Å²) in [7, 11) is 4.10. The first-order chi connectivity index (χ1) is 9.66. The van der Waals surface area contributed by atoms with E-state index in [9.17, 15) is 5.11 Å². The Kier molecular flexibility index (Phi) is 5.33. The maximum atomic E-state index is 10.7. The van der Waals surface area contributed by atoms with Crippen molar-refractivity contribution in [1.29, 1.82) is 0 Å². The van der Waals surface area contributed by atoms with Gasteiger partial charge in [0.05, 0.1) is 6.10 Å². The van der Waals surface area contributed by atoms with E-state index >= 15 is 0 Å². The Labute approximate surface area is 121 Å². The van der Waals surface area contributed by atoms with Crippen LogP contribution in [0.15, 0.2) is 60.7 Å². The lowest BCUT2D eigenvalue weighted by Gasteiger charge is -2.26. The van der Waals surface area contributed by atoms with Gasteiger partial charge in [-0.25, -0.2) is 0 Å². The van der Waals surface area contributed by atoms with E-state index in [0.717, 1.165) is 18.5 Å². The second-order valence-corrected chi connectivity index (χ2v) is 5.57. The Morgan fingerprint density at radius 1 is 0.900 bits per heavy atom. The fourth-order valence-electron chi connectivity index (χ4n) is 2.58. The van der Waals surface area contributed by atoms with Crippen molar-refractivity contribution in [2.24, 2.45) is 5.92 Å². The summed E-state index contributed by atoms with van der Waals surface area (Å²) in [4.78, 5) is 2.14. The molecule has 0 aromatic heterocycles. The molecular weight excluding hydrogens is 246 g/mol. The van der Waals surface area contributed by atoms with Crippen molar-refractivity contribution in [1.82, 2.24) is 4.90 Å². The summed E-state index contributed by atoms with van der Waals surface area (Å²) in [6.07, 6.45) is 0.452. The van der Waals surface area contributed by atoms with Gasteiger partial charge in [-0.3, -0.25) is 0 Å². The number of nitrogens with zero attached hydrogens (tertiary/aromatic N) is 1.